The summed E-state index contributed by atoms with van der Waals surface area (Å²) >= 11 is 0.735. The lowest BCUT2D eigenvalue weighted by molar-refractivity contribution is -0.124. The van der Waals surface area contributed by atoms with Crippen molar-refractivity contribution in [2.45, 2.75) is 0 Å². The number of thioether (sulfide) groups is 1. The minimum absolute atomic E-state index is 0.000838. The zero-order valence-corrected chi connectivity index (χ0v) is 14.4. The van der Waals surface area contributed by atoms with E-state index >= 15 is 0 Å². The smallest absolute Gasteiger partial charge is 0.293 e. The molecule has 1 saturated heterocycles. The second-order valence-corrected chi connectivity index (χ2v) is 6.31. The molecule has 1 aromatic carbocycles. The van der Waals surface area contributed by atoms with Crippen LogP contribution >= 0.6 is 11.8 Å². The van der Waals surface area contributed by atoms with Gasteiger partial charge in [0, 0.05) is 18.7 Å². The first-order chi connectivity index (χ1) is 12.6. The molecule has 0 atom stereocenters. The van der Waals surface area contributed by atoms with Crippen LogP contribution in [0.3, 0.4) is 0 Å². The van der Waals surface area contributed by atoms with Crippen LogP contribution in [0.2, 0.25) is 0 Å². The second-order valence-electron chi connectivity index (χ2n) is 5.31. The van der Waals surface area contributed by atoms with E-state index in [9.17, 15) is 18.8 Å². The highest BCUT2D eigenvalue weighted by molar-refractivity contribution is 8.18. The number of amides is 3. The van der Waals surface area contributed by atoms with Crippen molar-refractivity contribution in [1.82, 2.24) is 10.2 Å². The molecule has 1 aromatic rings. The zero-order valence-electron chi connectivity index (χ0n) is 13.6. The van der Waals surface area contributed by atoms with Crippen molar-refractivity contribution < 1.29 is 28.2 Å². The summed E-state index contributed by atoms with van der Waals surface area (Å²) < 4.78 is 23.8. The number of imide groups is 1. The van der Waals surface area contributed by atoms with Gasteiger partial charge in [0.15, 0.2) is 0 Å². The maximum absolute atomic E-state index is 13.7. The summed E-state index contributed by atoms with van der Waals surface area (Å²) in [6.07, 6.45) is 2.56. The van der Waals surface area contributed by atoms with Crippen LogP contribution in [-0.2, 0) is 19.1 Å². The largest absolute Gasteiger partial charge is 0.494 e. The van der Waals surface area contributed by atoms with Crippen LogP contribution in [0.4, 0.5) is 9.18 Å². The Kier molecular flexibility index (Phi) is 5.57. The van der Waals surface area contributed by atoms with Crippen molar-refractivity contribution in [2.75, 3.05) is 26.3 Å². The van der Waals surface area contributed by atoms with Gasteiger partial charge >= 0.3 is 0 Å². The number of benzene rings is 1. The Hall–Kier alpha value is -2.81. The number of nitrogens with zero attached hydrogens (tertiary/aromatic N) is 1. The minimum Gasteiger partial charge on any atom is -0.494 e. The van der Waals surface area contributed by atoms with E-state index in [0.29, 0.717) is 6.61 Å². The predicted octanol–water partition coefficient (Wildman–Crippen LogP) is 1.87. The quantitative estimate of drug-likeness (QED) is 0.788. The fraction of sp³-hybridized carbons (Fsp3) is 0.235. The Labute approximate surface area is 152 Å². The molecule has 1 N–H and O–H groups in total. The third-order valence-electron chi connectivity index (χ3n) is 3.56. The van der Waals surface area contributed by atoms with E-state index in [4.69, 9.17) is 9.47 Å². The van der Waals surface area contributed by atoms with E-state index in [1.165, 1.54) is 30.5 Å². The number of halogens is 1. The predicted molar refractivity (Wildman–Crippen MR) is 92.1 cm³/mol. The van der Waals surface area contributed by atoms with Crippen LogP contribution < -0.4 is 5.32 Å². The fourth-order valence-electron chi connectivity index (χ4n) is 2.28. The third kappa shape index (κ3) is 4.05. The summed E-state index contributed by atoms with van der Waals surface area (Å²) in [4.78, 5) is 37.3. The van der Waals surface area contributed by atoms with Crippen LogP contribution in [0.5, 0.6) is 0 Å². The number of hydrogen-bond acceptors (Lipinski definition) is 6. The summed E-state index contributed by atoms with van der Waals surface area (Å²) in [7, 11) is 0. The van der Waals surface area contributed by atoms with Gasteiger partial charge in [-0.25, -0.2) is 4.39 Å². The molecular formula is C17H15FN2O5S. The van der Waals surface area contributed by atoms with Gasteiger partial charge in [-0.2, -0.15) is 0 Å². The van der Waals surface area contributed by atoms with E-state index in [1.807, 2.05) is 0 Å². The van der Waals surface area contributed by atoms with Crippen LogP contribution in [-0.4, -0.2) is 48.3 Å². The minimum atomic E-state index is -0.519. The first-order valence-corrected chi connectivity index (χ1v) is 8.60. The molecule has 3 rings (SSSR count). The second kappa shape index (κ2) is 8.05. The number of nitrogens with one attached hydrogen (secondary N) is 1. The number of ether oxygens (including phenoxy) is 2. The monoisotopic (exact) mass is 378 g/mol. The highest BCUT2D eigenvalue weighted by Crippen LogP contribution is 2.32. The SMILES string of the molecule is O=C(NCCN1C(=O)S/C(=C/c2ccccc2F)C1=O)C1=COCCO1. The van der Waals surface area contributed by atoms with Gasteiger partial charge in [-0.3, -0.25) is 19.3 Å². The number of carbonyl (C=O) groups excluding carboxylic acids is 3. The van der Waals surface area contributed by atoms with Gasteiger partial charge in [0.2, 0.25) is 5.76 Å². The van der Waals surface area contributed by atoms with Crippen LogP contribution in [0, 0.1) is 5.82 Å². The molecule has 26 heavy (non-hydrogen) atoms. The molecule has 0 bridgehead atoms. The van der Waals surface area contributed by atoms with Gasteiger partial charge in [-0.05, 0) is 23.9 Å². The first kappa shape index (κ1) is 18.0. The van der Waals surface area contributed by atoms with Gasteiger partial charge in [0.05, 0.1) is 4.91 Å². The van der Waals surface area contributed by atoms with Crippen molar-refractivity contribution in [3.8, 4) is 0 Å². The Morgan fingerprint density at radius 1 is 1.31 bits per heavy atom. The van der Waals surface area contributed by atoms with Crippen molar-refractivity contribution in [3.63, 3.8) is 0 Å². The maximum Gasteiger partial charge on any atom is 0.293 e. The van der Waals surface area contributed by atoms with E-state index < -0.39 is 22.9 Å². The van der Waals surface area contributed by atoms with Crippen molar-refractivity contribution in [3.05, 3.63) is 52.6 Å². The van der Waals surface area contributed by atoms with Gasteiger partial charge in [-0.15, -0.1) is 0 Å². The number of rotatable bonds is 5. The standard InChI is InChI=1S/C17H15FN2O5S/c18-12-4-2-1-3-11(12)9-14-16(22)20(17(23)26-14)6-5-19-15(21)13-10-24-7-8-25-13/h1-4,9-10H,5-8H2,(H,19,21)/b14-9+. The molecule has 0 unspecified atom stereocenters. The molecule has 2 heterocycles. The molecule has 136 valence electrons. The van der Waals surface area contributed by atoms with Gasteiger partial charge in [0.25, 0.3) is 17.1 Å². The summed E-state index contributed by atoms with van der Waals surface area (Å²) in [5, 5.41) is 2.08. The average Bonchev–Trinajstić information content (AvgIpc) is 2.91. The van der Waals surface area contributed by atoms with Crippen LogP contribution in [0.25, 0.3) is 6.08 Å². The summed E-state index contributed by atoms with van der Waals surface area (Å²) in [6.45, 7) is 0.717. The Bertz CT molecular complexity index is 808. The lowest BCUT2D eigenvalue weighted by Gasteiger charge is -2.16. The molecular weight excluding hydrogens is 363 g/mol. The first-order valence-electron chi connectivity index (χ1n) is 7.79. The van der Waals surface area contributed by atoms with E-state index in [2.05, 4.69) is 5.32 Å². The van der Waals surface area contributed by atoms with Crippen molar-refractivity contribution in [2.24, 2.45) is 0 Å². The maximum atomic E-state index is 13.7. The lowest BCUT2D eigenvalue weighted by Crippen LogP contribution is -2.38. The molecule has 0 saturated carbocycles. The molecule has 0 aliphatic carbocycles. The summed E-state index contributed by atoms with van der Waals surface area (Å²) in [5.41, 5.74) is 0.229. The van der Waals surface area contributed by atoms with Crippen molar-refractivity contribution >= 4 is 34.9 Å². The molecule has 2 aliphatic rings. The molecule has 0 spiro atoms. The van der Waals surface area contributed by atoms with Gasteiger partial charge < -0.3 is 14.8 Å². The number of carbonyl (C=O) groups is 3. The van der Waals surface area contributed by atoms with Gasteiger partial charge in [-0.1, -0.05) is 18.2 Å². The summed E-state index contributed by atoms with van der Waals surface area (Å²) in [5.74, 6) is -1.44. The Morgan fingerprint density at radius 2 is 2.12 bits per heavy atom. The highest BCUT2D eigenvalue weighted by Gasteiger charge is 2.34. The van der Waals surface area contributed by atoms with Gasteiger partial charge in [0.1, 0.15) is 25.3 Å². The lowest BCUT2D eigenvalue weighted by atomic mass is 10.2. The van der Waals surface area contributed by atoms with E-state index in [0.717, 1.165) is 16.7 Å². The fourth-order valence-corrected chi connectivity index (χ4v) is 3.14. The van der Waals surface area contributed by atoms with Crippen LogP contribution in [0.15, 0.2) is 41.2 Å². The summed E-state index contributed by atoms with van der Waals surface area (Å²) in [6, 6.07) is 5.97. The number of hydrogen-bond donors (Lipinski definition) is 1. The molecule has 9 heteroatoms. The third-order valence-corrected chi connectivity index (χ3v) is 4.47. The molecule has 7 nitrogen and oxygen atoms in total. The van der Waals surface area contributed by atoms with Crippen LogP contribution in [0.1, 0.15) is 5.56 Å². The zero-order chi connectivity index (χ0) is 18.5. The Balaban J connectivity index is 1.58. The average molecular weight is 378 g/mol. The topological polar surface area (TPSA) is 84.9 Å². The molecule has 2 aliphatic heterocycles. The molecule has 1 fully saturated rings. The molecule has 0 radical (unpaired) electrons. The normalized spacial score (nSPS) is 18.4. The van der Waals surface area contributed by atoms with E-state index in [1.54, 1.807) is 6.07 Å². The molecule has 0 aromatic heterocycles. The highest BCUT2D eigenvalue weighted by atomic mass is 32.2. The van der Waals surface area contributed by atoms with E-state index in [-0.39, 0.29) is 35.9 Å². The molecule has 3 amide bonds. The Morgan fingerprint density at radius 3 is 2.85 bits per heavy atom. The van der Waals surface area contributed by atoms with Crippen molar-refractivity contribution in [1.29, 1.82) is 0 Å².